The summed E-state index contributed by atoms with van der Waals surface area (Å²) >= 11 is 3.32. The number of nitrogens with one attached hydrogen (secondary N) is 1. The van der Waals surface area contributed by atoms with Gasteiger partial charge in [-0.1, -0.05) is 4.48 Å². The molecule has 1 heterocycles. The highest BCUT2D eigenvalue weighted by atomic mass is 32.1. The molecule has 1 saturated heterocycles. The largest absolute Gasteiger partial charge is 0.283 e. The van der Waals surface area contributed by atoms with Crippen molar-refractivity contribution < 1.29 is 35.6 Å². The highest BCUT2D eigenvalue weighted by molar-refractivity contribution is 7.80. The van der Waals surface area contributed by atoms with E-state index in [2.05, 4.69) is 12.6 Å². The Labute approximate surface area is 170 Å². The third kappa shape index (κ3) is 2.84. The van der Waals surface area contributed by atoms with E-state index in [1.807, 2.05) is 0 Å². The van der Waals surface area contributed by atoms with Gasteiger partial charge in [-0.25, -0.2) is 26.3 Å². The van der Waals surface area contributed by atoms with E-state index in [0.717, 1.165) is 14.0 Å². The van der Waals surface area contributed by atoms with Crippen LogP contribution in [0.2, 0.25) is 0 Å². The zero-order valence-corrected chi connectivity index (χ0v) is 16.1. The summed E-state index contributed by atoms with van der Waals surface area (Å²) in [6, 6.07) is 1.69. The van der Waals surface area contributed by atoms with Crippen molar-refractivity contribution in [3.63, 3.8) is 0 Å². The molecule has 0 aliphatic carbocycles. The third-order valence-electron chi connectivity index (χ3n) is 5.09. The van der Waals surface area contributed by atoms with Crippen molar-refractivity contribution in [2.45, 2.75) is 23.3 Å². The summed E-state index contributed by atoms with van der Waals surface area (Å²) in [6.07, 6.45) is 0. The lowest BCUT2D eigenvalue weighted by atomic mass is 9.72. The first-order valence-corrected chi connectivity index (χ1v) is 8.62. The second kappa shape index (κ2) is 7.18. The van der Waals surface area contributed by atoms with Crippen LogP contribution in [0.1, 0.15) is 24.0 Å². The van der Waals surface area contributed by atoms with Gasteiger partial charge in [0.05, 0.1) is 10.8 Å². The molecule has 0 saturated carbocycles. The maximum absolute atomic E-state index is 15.2. The van der Waals surface area contributed by atoms with Crippen LogP contribution in [0, 0.1) is 40.3 Å². The van der Waals surface area contributed by atoms with Crippen molar-refractivity contribution in [3.8, 4) is 0 Å². The molecule has 0 aromatic heterocycles. The van der Waals surface area contributed by atoms with Gasteiger partial charge in [-0.3, -0.25) is 15.1 Å². The number of hydrogen-bond acceptors (Lipinski definition) is 3. The lowest BCUT2D eigenvalue weighted by molar-refractivity contribution is -0.145. The molecule has 0 bridgehead atoms. The standard InChI is InChI=1S/C18H12F7N3OS/c1-18(7-5-6(19)3-4-8(7)20)10(16(29)27(2)17(26)28(18)25)9-11(21)13(23)15(30)14(24)12(9)22/h3-5,10,26,30H,1-2H3/t10-,18+/m0/s1. The number of carbonyl (C=O) groups excluding carboxylic acids is 1. The Bertz CT molecular complexity index is 1070. The molecule has 1 aliphatic rings. The fourth-order valence-electron chi connectivity index (χ4n) is 3.45. The Morgan fingerprint density at radius 2 is 1.57 bits per heavy atom. The van der Waals surface area contributed by atoms with Gasteiger partial charge in [0.25, 0.3) is 0 Å². The minimum Gasteiger partial charge on any atom is -0.283 e. The second-order valence-corrected chi connectivity index (χ2v) is 7.17. The first-order chi connectivity index (χ1) is 13.8. The van der Waals surface area contributed by atoms with Gasteiger partial charge in [0.2, 0.25) is 11.9 Å². The van der Waals surface area contributed by atoms with Crippen molar-refractivity contribution in [2.75, 3.05) is 7.05 Å². The first kappa shape index (κ1) is 21.9. The number of hydrogen-bond donors (Lipinski definition) is 2. The van der Waals surface area contributed by atoms with E-state index in [4.69, 9.17) is 5.41 Å². The maximum Gasteiger partial charge on any atom is 0.239 e. The predicted molar refractivity (Wildman–Crippen MR) is 93.4 cm³/mol. The summed E-state index contributed by atoms with van der Waals surface area (Å²) in [7, 11) is 0.862. The van der Waals surface area contributed by atoms with Crippen molar-refractivity contribution in [1.82, 2.24) is 10.0 Å². The van der Waals surface area contributed by atoms with Crippen LogP contribution < -0.4 is 0 Å². The smallest absolute Gasteiger partial charge is 0.239 e. The number of carbonyl (C=O) groups is 1. The molecule has 4 nitrogen and oxygen atoms in total. The number of benzene rings is 2. The monoisotopic (exact) mass is 451 g/mol. The molecule has 0 unspecified atom stereocenters. The molecule has 1 amide bonds. The van der Waals surface area contributed by atoms with Gasteiger partial charge in [-0.15, -0.1) is 12.6 Å². The Morgan fingerprint density at radius 1 is 1.03 bits per heavy atom. The van der Waals surface area contributed by atoms with Gasteiger partial charge < -0.3 is 0 Å². The van der Waals surface area contributed by atoms with Crippen molar-refractivity contribution >= 4 is 24.5 Å². The minimum absolute atomic E-state index is 0.312. The molecule has 160 valence electrons. The number of halogens is 7. The van der Waals surface area contributed by atoms with Crippen LogP contribution in [0.5, 0.6) is 0 Å². The molecule has 0 radical (unpaired) electrons. The van der Waals surface area contributed by atoms with Gasteiger partial charge in [-0.2, -0.15) is 5.12 Å². The van der Waals surface area contributed by atoms with E-state index < -0.39 is 79.4 Å². The van der Waals surface area contributed by atoms with E-state index in [-0.39, 0.29) is 0 Å². The third-order valence-corrected chi connectivity index (χ3v) is 5.48. The van der Waals surface area contributed by atoms with Gasteiger partial charge in [-0.05, 0) is 25.1 Å². The predicted octanol–water partition coefficient (Wildman–Crippen LogP) is 4.40. The molecule has 2 aromatic carbocycles. The van der Waals surface area contributed by atoms with Gasteiger partial charge in [0.1, 0.15) is 17.2 Å². The summed E-state index contributed by atoms with van der Waals surface area (Å²) in [6.45, 7) is 0.748. The number of rotatable bonds is 2. The number of thiol groups is 1. The number of guanidine groups is 1. The van der Waals surface area contributed by atoms with Gasteiger partial charge >= 0.3 is 0 Å². The Kier molecular flexibility index (Phi) is 5.25. The van der Waals surface area contributed by atoms with Crippen LogP contribution in [0.3, 0.4) is 0 Å². The topological polar surface area (TPSA) is 47.4 Å². The van der Waals surface area contributed by atoms with E-state index in [9.17, 15) is 31.1 Å². The number of nitrogens with zero attached hydrogens (tertiary/aromatic N) is 2. The lowest BCUT2D eigenvalue weighted by Gasteiger charge is -2.48. The minimum atomic E-state index is -2.79. The van der Waals surface area contributed by atoms with Crippen molar-refractivity contribution in [1.29, 1.82) is 5.41 Å². The van der Waals surface area contributed by atoms with Crippen LogP contribution >= 0.6 is 12.6 Å². The summed E-state index contributed by atoms with van der Waals surface area (Å²) in [5, 5.41) is 7.20. The van der Waals surface area contributed by atoms with Crippen LogP contribution in [0.25, 0.3) is 0 Å². The van der Waals surface area contributed by atoms with E-state index in [1.165, 1.54) is 0 Å². The average Bonchev–Trinajstić information content (AvgIpc) is 2.72. The SMILES string of the molecule is CN1C(=N)N(F)[C@](C)(c2cc(F)ccc2F)[C@@H](c2c(F)c(F)c(S)c(F)c2F)C1=O. The zero-order chi connectivity index (χ0) is 22.7. The quantitative estimate of drug-likeness (QED) is 0.308. The molecular weight excluding hydrogens is 439 g/mol. The molecular formula is C18H12F7N3OS. The molecule has 1 aliphatic heterocycles. The molecule has 1 N–H and O–H groups in total. The normalized spacial score (nSPS) is 22.1. The number of amides is 1. The zero-order valence-electron chi connectivity index (χ0n) is 15.2. The Hall–Kier alpha value is -2.76. The van der Waals surface area contributed by atoms with Crippen molar-refractivity contribution in [3.05, 3.63) is 64.2 Å². The molecule has 12 heteroatoms. The Balaban J connectivity index is 2.45. The van der Waals surface area contributed by atoms with E-state index >= 15 is 4.48 Å². The van der Waals surface area contributed by atoms with E-state index in [1.54, 1.807) is 0 Å². The fraction of sp³-hybridized carbons (Fsp3) is 0.222. The summed E-state index contributed by atoms with van der Waals surface area (Å²) < 4.78 is 101. The lowest BCUT2D eigenvalue weighted by Crippen LogP contribution is -2.62. The van der Waals surface area contributed by atoms with Crippen molar-refractivity contribution in [2.24, 2.45) is 0 Å². The highest BCUT2D eigenvalue weighted by Crippen LogP contribution is 2.49. The summed E-state index contributed by atoms with van der Waals surface area (Å²) in [4.78, 5) is 11.8. The summed E-state index contributed by atoms with van der Waals surface area (Å²) in [5.74, 6) is -15.4. The van der Waals surface area contributed by atoms with Gasteiger partial charge in [0.15, 0.2) is 23.3 Å². The molecule has 3 rings (SSSR count). The van der Waals surface area contributed by atoms with Crippen LogP contribution in [0.4, 0.5) is 30.8 Å². The van der Waals surface area contributed by atoms with Crippen LogP contribution in [0.15, 0.2) is 23.1 Å². The van der Waals surface area contributed by atoms with Crippen LogP contribution in [-0.2, 0) is 10.3 Å². The number of likely N-dealkylation sites (N-methyl/N-ethyl adjacent to an activating group) is 1. The first-order valence-electron chi connectivity index (χ1n) is 8.18. The van der Waals surface area contributed by atoms with Crippen LogP contribution in [-0.4, -0.2) is 28.9 Å². The maximum atomic E-state index is 15.2. The average molecular weight is 451 g/mol. The van der Waals surface area contributed by atoms with Gasteiger partial charge in [0, 0.05) is 18.2 Å². The Morgan fingerprint density at radius 3 is 2.10 bits per heavy atom. The molecule has 30 heavy (non-hydrogen) atoms. The molecule has 1 fully saturated rings. The molecule has 2 atom stereocenters. The fourth-order valence-corrected chi connectivity index (χ4v) is 3.64. The molecule has 2 aromatic rings. The van der Waals surface area contributed by atoms with E-state index in [0.29, 0.717) is 23.1 Å². The molecule has 0 spiro atoms. The summed E-state index contributed by atoms with van der Waals surface area (Å²) in [5.41, 5.74) is -5.25. The second-order valence-electron chi connectivity index (χ2n) is 6.72. The highest BCUT2D eigenvalue weighted by Gasteiger charge is 2.57.